The van der Waals surface area contributed by atoms with Crippen LogP contribution < -0.4 is 5.32 Å². The lowest BCUT2D eigenvalue weighted by atomic mass is 9.97. The second-order valence-electron chi connectivity index (χ2n) is 27.0. The molecule has 1 saturated heterocycles. The molecule has 0 unspecified atom stereocenters. The standard InChI is InChI=1S/C85H127NO9/c1-3-5-7-9-11-13-15-17-18-19-20-21-22-23-24-25-26-27-29-31-33-35-52-64-80(88)86-77(81(90-67-73-55-43-37-44-56-73)78(89-66-72-53-41-36-42-54-72)63-51-34-32-30-28-16-14-12-10-8-6-4-2)71-94-85-84(93-70-76-61-49-40-50-62-76)83(92-69-75-59-47-39-48-60-75)82(79(65-87)95-85)91-68-74-57-45-38-46-58-74/h36-51,53-63,77-79,81-85,87H,3-35,52,64-71H2,1-2H3,(H,86,88)/t77-,78+,79+,81-,82-,83-,84+,85-/m0/s1. The maximum Gasteiger partial charge on any atom is 0.220 e. The van der Waals surface area contributed by atoms with Gasteiger partial charge in [-0.05, 0) is 47.1 Å². The summed E-state index contributed by atoms with van der Waals surface area (Å²) < 4.78 is 48.8. The summed E-state index contributed by atoms with van der Waals surface area (Å²) in [6.45, 7) is 5.55. The van der Waals surface area contributed by atoms with Crippen molar-refractivity contribution in [1.82, 2.24) is 5.32 Å². The minimum atomic E-state index is -1.07. The summed E-state index contributed by atoms with van der Waals surface area (Å²) in [6, 6.07) is 49.8. The van der Waals surface area contributed by atoms with Gasteiger partial charge >= 0.3 is 0 Å². The van der Waals surface area contributed by atoms with Crippen LogP contribution in [-0.4, -0.2) is 73.2 Å². The zero-order valence-electron chi connectivity index (χ0n) is 59.1. The fourth-order valence-corrected chi connectivity index (χ4v) is 13.0. The van der Waals surface area contributed by atoms with Gasteiger partial charge in [-0.3, -0.25) is 4.79 Å². The Bertz CT molecular complexity index is 2570. The van der Waals surface area contributed by atoms with Crippen molar-refractivity contribution in [3.63, 3.8) is 0 Å². The van der Waals surface area contributed by atoms with Crippen molar-refractivity contribution in [2.45, 2.75) is 321 Å². The average Bonchev–Trinajstić information content (AvgIpc) is 0.846. The summed E-state index contributed by atoms with van der Waals surface area (Å²) in [5, 5.41) is 14.8. The van der Waals surface area contributed by atoms with Gasteiger partial charge in [0, 0.05) is 6.42 Å². The first-order valence-electron chi connectivity index (χ1n) is 38.2. The predicted octanol–water partition coefficient (Wildman–Crippen LogP) is 21.4. The normalized spacial score (nSPS) is 17.5. The summed E-state index contributed by atoms with van der Waals surface area (Å²) in [5.41, 5.74) is 4.95. The number of rotatable bonds is 58. The molecule has 0 spiro atoms. The van der Waals surface area contributed by atoms with Crippen molar-refractivity contribution in [2.24, 2.45) is 0 Å². The van der Waals surface area contributed by atoms with Crippen molar-refractivity contribution in [3.05, 3.63) is 192 Å². The molecule has 0 radical (unpaired) electrons. The molecule has 526 valence electrons. The highest BCUT2D eigenvalue weighted by molar-refractivity contribution is 5.76. The SMILES string of the molecule is CCCCCCCCCCCCC=C[C@@H](OCc1ccccc1)[C@@H](OCc1ccccc1)[C@H](CO[C@H]1O[C@H](CO)[C@H](OCc2ccccc2)[C@H](OCc2ccccc2)[C@H]1OCc1ccccc1)NC(=O)CCCCCCCCCCCCCCCCCCCCCCCCC. The number of aliphatic hydroxyl groups is 1. The lowest BCUT2D eigenvalue weighted by molar-refractivity contribution is -0.328. The lowest BCUT2D eigenvalue weighted by Crippen LogP contribution is -2.62. The third-order valence-corrected chi connectivity index (χ3v) is 18.8. The van der Waals surface area contributed by atoms with E-state index in [9.17, 15) is 9.90 Å². The number of hydrogen-bond acceptors (Lipinski definition) is 9. The molecule has 95 heavy (non-hydrogen) atoms. The molecule has 2 N–H and O–H groups in total. The maximum atomic E-state index is 14.7. The van der Waals surface area contributed by atoms with Gasteiger partial charge in [0.25, 0.3) is 0 Å². The van der Waals surface area contributed by atoms with Crippen LogP contribution in [-0.2, 0) is 71.0 Å². The van der Waals surface area contributed by atoms with Crippen molar-refractivity contribution in [3.8, 4) is 0 Å². The van der Waals surface area contributed by atoms with Crippen LogP contribution in [0.1, 0.15) is 266 Å². The molecule has 0 aliphatic carbocycles. The molecule has 5 aromatic carbocycles. The number of amides is 1. The molecule has 0 saturated carbocycles. The van der Waals surface area contributed by atoms with E-state index >= 15 is 0 Å². The zero-order valence-corrected chi connectivity index (χ0v) is 59.1. The van der Waals surface area contributed by atoms with Crippen LogP contribution in [0.5, 0.6) is 0 Å². The van der Waals surface area contributed by atoms with Crippen LogP contribution in [0.3, 0.4) is 0 Å². The number of allylic oxidation sites excluding steroid dienone is 1. The van der Waals surface area contributed by atoms with Gasteiger partial charge in [-0.15, -0.1) is 0 Å². The number of hydrogen-bond donors (Lipinski definition) is 2. The summed E-state index contributed by atoms with van der Waals surface area (Å²) in [4.78, 5) is 14.7. The Hall–Kier alpha value is -5.01. The molecule has 10 heteroatoms. The monoisotopic (exact) mass is 1310 g/mol. The third-order valence-electron chi connectivity index (χ3n) is 18.8. The first kappa shape index (κ1) is 79.0. The number of carbonyl (C=O) groups is 1. The second-order valence-corrected chi connectivity index (χ2v) is 27.0. The van der Waals surface area contributed by atoms with Crippen LogP contribution >= 0.6 is 0 Å². The van der Waals surface area contributed by atoms with Crippen LogP contribution in [0.25, 0.3) is 0 Å². The fourth-order valence-electron chi connectivity index (χ4n) is 13.0. The van der Waals surface area contributed by atoms with E-state index in [1.165, 1.54) is 186 Å². The largest absolute Gasteiger partial charge is 0.394 e. The quantitative estimate of drug-likeness (QED) is 0.0290. The van der Waals surface area contributed by atoms with E-state index in [1.807, 2.05) is 127 Å². The molecule has 5 aromatic rings. The van der Waals surface area contributed by atoms with Crippen molar-refractivity contribution < 1.29 is 43.1 Å². The van der Waals surface area contributed by atoms with Crippen LogP contribution in [0.4, 0.5) is 0 Å². The highest BCUT2D eigenvalue weighted by Gasteiger charge is 2.49. The van der Waals surface area contributed by atoms with Crippen LogP contribution in [0.15, 0.2) is 164 Å². The van der Waals surface area contributed by atoms with Gasteiger partial charge in [0.1, 0.15) is 36.6 Å². The molecule has 0 aromatic heterocycles. The molecular formula is C85H127NO9. The van der Waals surface area contributed by atoms with Gasteiger partial charge in [0.15, 0.2) is 6.29 Å². The minimum Gasteiger partial charge on any atom is -0.394 e. The van der Waals surface area contributed by atoms with Crippen LogP contribution in [0.2, 0.25) is 0 Å². The number of unbranched alkanes of at least 4 members (excludes halogenated alkanes) is 32. The van der Waals surface area contributed by atoms with E-state index in [1.54, 1.807) is 0 Å². The Morgan fingerprint density at radius 2 is 0.747 bits per heavy atom. The molecular weight excluding hydrogens is 1180 g/mol. The summed E-state index contributed by atoms with van der Waals surface area (Å²) in [7, 11) is 0. The predicted molar refractivity (Wildman–Crippen MR) is 391 cm³/mol. The van der Waals surface area contributed by atoms with Gasteiger partial charge in [0.2, 0.25) is 5.91 Å². The second kappa shape index (κ2) is 53.0. The molecule has 8 atom stereocenters. The number of benzene rings is 5. The molecule has 1 heterocycles. The Kier molecular flexibility index (Phi) is 44.1. The first-order valence-corrected chi connectivity index (χ1v) is 38.2. The zero-order chi connectivity index (χ0) is 66.5. The number of nitrogens with one attached hydrogen (secondary N) is 1. The molecule has 1 aliphatic rings. The molecule has 1 fully saturated rings. The molecule has 1 amide bonds. The van der Waals surface area contributed by atoms with E-state index < -0.39 is 49.0 Å². The van der Waals surface area contributed by atoms with Crippen molar-refractivity contribution >= 4 is 5.91 Å². The number of ether oxygens (including phenoxy) is 7. The highest BCUT2D eigenvalue weighted by Crippen LogP contribution is 2.32. The Morgan fingerprint density at radius 1 is 0.411 bits per heavy atom. The Labute approximate surface area is 576 Å². The van der Waals surface area contributed by atoms with Crippen molar-refractivity contribution in [2.75, 3.05) is 13.2 Å². The highest BCUT2D eigenvalue weighted by atomic mass is 16.7. The van der Waals surface area contributed by atoms with E-state index in [2.05, 4.69) is 55.6 Å². The molecule has 1 aliphatic heterocycles. The third kappa shape index (κ3) is 35.4. The summed E-state index contributed by atoms with van der Waals surface area (Å²) in [5.74, 6) is -0.0697. The van der Waals surface area contributed by atoms with E-state index in [-0.39, 0.29) is 45.5 Å². The van der Waals surface area contributed by atoms with Gasteiger partial charge in [0.05, 0.1) is 52.3 Å². The smallest absolute Gasteiger partial charge is 0.220 e. The fraction of sp³-hybridized carbons (Fsp3) is 0.612. The van der Waals surface area contributed by atoms with Crippen LogP contribution in [0, 0.1) is 0 Å². The topological polar surface area (TPSA) is 114 Å². The van der Waals surface area contributed by atoms with E-state index in [4.69, 9.17) is 33.2 Å². The number of aliphatic hydroxyl groups excluding tert-OH is 1. The van der Waals surface area contributed by atoms with Gasteiger partial charge in [-0.1, -0.05) is 377 Å². The maximum absolute atomic E-state index is 14.7. The lowest BCUT2D eigenvalue weighted by Gasteiger charge is -2.46. The molecule has 6 rings (SSSR count). The Balaban J connectivity index is 1.16. The first-order chi connectivity index (χ1) is 47.0. The van der Waals surface area contributed by atoms with Gasteiger partial charge in [-0.2, -0.15) is 0 Å². The Morgan fingerprint density at radius 3 is 1.14 bits per heavy atom. The van der Waals surface area contributed by atoms with Crippen molar-refractivity contribution in [1.29, 1.82) is 0 Å². The van der Waals surface area contributed by atoms with Gasteiger partial charge in [-0.25, -0.2) is 0 Å². The number of carbonyl (C=O) groups excluding carboxylic acids is 1. The molecule has 10 nitrogen and oxygen atoms in total. The summed E-state index contributed by atoms with van der Waals surface area (Å²) >= 11 is 0. The minimum absolute atomic E-state index is 0.0307. The average molecular weight is 1310 g/mol. The van der Waals surface area contributed by atoms with E-state index in [0.717, 1.165) is 59.9 Å². The molecule has 0 bridgehead atoms. The summed E-state index contributed by atoms with van der Waals surface area (Å²) in [6.07, 6.45) is 43.2. The van der Waals surface area contributed by atoms with E-state index in [0.29, 0.717) is 13.0 Å². The van der Waals surface area contributed by atoms with Gasteiger partial charge < -0.3 is 43.6 Å².